The minimum Gasteiger partial charge on any atom is -0.276 e. The maximum atomic E-state index is 12.5. The summed E-state index contributed by atoms with van der Waals surface area (Å²) in [6, 6.07) is 7.43. The summed E-state index contributed by atoms with van der Waals surface area (Å²) in [6.07, 6.45) is 4.47. The molecule has 9 heteroatoms. The van der Waals surface area contributed by atoms with E-state index in [-0.39, 0.29) is 4.90 Å². The van der Waals surface area contributed by atoms with Gasteiger partial charge in [0.25, 0.3) is 10.0 Å². The molecule has 3 aromatic rings. The molecule has 2 heterocycles. The molecule has 3 rings (SSSR count). The van der Waals surface area contributed by atoms with Crippen LogP contribution in [0.4, 0.5) is 5.69 Å². The first-order valence-corrected chi connectivity index (χ1v) is 9.57. The first-order chi connectivity index (χ1) is 11.9. The number of hydrogen-bond acceptors (Lipinski definition) is 4. The predicted octanol–water partition coefficient (Wildman–Crippen LogP) is 2.91. The fraction of sp³-hybridized carbons (Fsp3) is 0.250. The summed E-state index contributed by atoms with van der Waals surface area (Å²) < 4.78 is 30.9. The van der Waals surface area contributed by atoms with Gasteiger partial charge in [-0.15, -0.1) is 0 Å². The largest absolute Gasteiger partial charge is 0.276 e. The summed E-state index contributed by atoms with van der Waals surface area (Å²) >= 11 is 5.97. The summed E-state index contributed by atoms with van der Waals surface area (Å²) in [4.78, 5) is 0.164. The number of aromatic nitrogens is 4. The Labute approximate surface area is 151 Å². The smallest absolute Gasteiger partial charge is 0.265 e. The molecular weight excluding hydrogens is 362 g/mol. The van der Waals surface area contributed by atoms with Gasteiger partial charge >= 0.3 is 0 Å². The molecule has 1 N–H and O–H groups in total. The molecule has 7 nitrogen and oxygen atoms in total. The van der Waals surface area contributed by atoms with Gasteiger partial charge in [0, 0.05) is 17.8 Å². The van der Waals surface area contributed by atoms with E-state index in [4.69, 9.17) is 11.6 Å². The highest BCUT2D eigenvalue weighted by Crippen LogP contribution is 2.19. The van der Waals surface area contributed by atoms with Crippen LogP contribution in [0.25, 0.3) is 0 Å². The van der Waals surface area contributed by atoms with E-state index in [1.807, 2.05) is 25.1 Å². The van der Waals surface area contributed by atoms with Crippen LogP contribution in [-0.2, 0) is 23.1 Å². The molecule has 0 unspecified atom stereocenters. The Kier molecular flexibility index (Phi) is 4.82. The lowest BCUT2D eigenvalue weighted by atomic mass is 10.2. The Balaban J connectivity index is 1.77. The lowest BCUT2D eigenvalue weighted by Crippen LogP contribution is -2.13. The second-order valence-electron chi connectivity index (χ2n) is 5.57. The number of nitrogens with one attached hydrogen (secondary N) is 1. The number of nitrogens with zero attached hydrogens (tertiary/aromatic N) is 4. The van der Waals surface area contributed by atoms with E-state index in [2.05, 4.69) is 14.9 Å². The van der Waals surface area contributed by atoms with Crippen molar-refractivity contribution in [3.63, 3.8) is 0 Å². The van der Waals surface area contributed by atoms with Crippen LogP contribution < -0.4 is 4.72 Å². The molecule has 0 bridgehead atoms. The van der Waals surface area contributed by atoms with Gasteiger partial charge in [0.15, 0.2) is 0 Å². The predicted molar refractivity (Wildman–Crippen MR) is 96.2 cm³/mol. The average Bonchev–Trinajstić information content (AvgIpc) is 3.13. The zero-order chi connectivity index (χ0) is 18.0. The third kappa shape index (κ3) is 3.85. The van der Waals surface area contributed by atoms with E-state index >= 15 is 0 Å². The van der Waals surface area contributed by atoms with E-state index in [0.29, 0.717) is 29.5 Å². The van der Waals surface area contributed by atoms with Gasteiger partial charge in [0.05, 0.1) is 30.3 Å². The fourth-order valence-corrected chi connectivity index (χ4v) is 3.97. The lowest BCUT2D eigenvalue weighted by molar-refractivity contribution is 0.598. The quantitative estimate of drug-likeness (QED) is 0.713. The molecule has 0 saturated carbocycles. The highest BCUT2D eigenvalue weighted by molar-refractivity contribution is 7.92. The Morgan fingerprint density at radius 1 is 1.24 bits per heavy atom. The second-order valence-corrected chi connectivity index (χ2v) is 7.66. The van der Waals surface area contributed by atoms with Crippen molar-refractivity contribution in [3.8, 4) is 0 Å². The molecule has 0 amide bonds. The number of rotatable bonds is 6. The molecule has 2 aromatic heterocycles. The minimum absolute atomic E-state index is 0.164. The maximum Gasteiger partial charge on any atom is 0.265 e. The highest BCUT2D eigenvalue weighted by atomic mass is 35.5. The summed E-state index contributed by atoms with van der Waals surface area (Å²) in [5.41, 5.74) is 1.97. The molecule has 0 aliphatic carbocycles. The first kappa shape index (κ1) is 17.5. The van der Waals surface area contributed by atoms with Crippen LogP contribution in [0.2, 0.25) is 5.02 Å². The van der Waals surface area contributed by atoms with E-state index < -0.39 is 10.0 Å². The van der Waals surface area contributed by atoms with Gasteiger partial charge in [0.1, 0.15) is 4.90 Å². The Morgan fingerprint density at radius 3 is 2.72 bits per heavy atom. The van der Waals surface area contributed by atoms with E-state index in [1.165, 1.54) is 12.4 Å². The molecule has 0 aliphatic rings. The molecule has 25 heavy (non-hydrogen) atoms. The van der Waals surface area contributed by atoms with Crippen molar-refractivity contribution in [1.82, 2.24) is 19.6 Å². The van der Waals surface area contributed by atoms with Crippen molar-refractivity contribution in [2.45, 2.75) is 31.8 Å². The average molecular weight is 380 g/mol. The molecule has 0 aliphatic heterocycles. The number of hydrogen-bond donors (Lipinski definition) is 1. The molecule has 1 aromatic carbocycles. The fourth-order valence-electron chi connectivity index (χ4n) is 2.55. The van der Waals surface area contributed by atoms with Crippen LogP contribution in [0.3, 0.4) is 0 Å². The Morgan fingerprint density at radius 2 is 2.04 bits per heavy atom. The van der Waals surface area contributed by atoms with Crippen LogP contribution in [0.15, 0.2) is 47.8 Å². The second kappa shape index (κ2) is 6.89. The third-order valence-electron chi connectivity index (χ3n) is 3.77. The summed E-state index contributed by atoms with van der Waals surface area (Å²) in [7, 11) is -3.71. The maximum absolute atomic E-state index is 12.5. The Bertz CT molecular complexity index is 994. The van der Waals surface area contributed by atoms with Crippen molar-refractivity contribution in [1.29, 1.82) is 0 Å². The monoisotopic (exact) mass is 379 g/mol. The standard InChI is InChI=1S/C16H18ClN5O2S/c1-3-22-12(2)16(9-19-22)25(23,24)20-15-8-18-21(11-15)10-13-5-4-6-14(17)7-13/h4-9,11,20H,3,10H2,1-2H3. The summed E-state index contributed by atoms with van der Waals surface area (Å²) in [5, 5.41) is 8.91. The topological polar surface area (TPSA) is 81.8 Å². The molecular formula is C16H18ClN5O2S. The van der Waals surface area contributed by atoms with Crippen LogP contribution in [0, 0.1) is 6.92 Å². The first-order valence-electron chi connectivity index (χ1n) is 7.71. The normalized spacial score (nSPS) is 11.6. The van der Waals surface area contributed by atoms with Gasteiger partial charge in [0.2, 0.25) is 0 Å². The van der Waals surface area contributed by atoms with Gasteiger partial charge in [-0.3, -0.25) is 14.1 Å². The zero-order valence-electron chi connectivity index (χ0n) is 13.8. The number of sulfonamides is 1. The van der Waals surface area contributed by atoms with Gasteiger partial charge in [-0.05, 0) is 31.5 Å². The van der Waals surface area contributed by atoms with Gasteiger partial charge in [-0.1, -0.05) is 23.7 Å². The summed E-state index contributed by atoms with van der Waals surface area (Å²) in [6.45, 7) is 4.74. The number of benzene rings is 1. The third-order valence-corrected chi connectivity index (χ3v) is 5.49. The lowest BCUT2D eigenvalue weighted by Gasteiger charge is -2.06. The minimum atomic E-state index is -3.71. The number of aryl methyl sites for hydroxylation is 1. The molecule has 0 radical (unpaired) electrons. The van der Waals surface area contributed by atoms with Crippen molar-refractivity contribution >= 4 is 27.3 Å². The molecule has 132 valence electrons. The van der Waals surface area contributed by atoms with Crippen LogP contribution in [0.5, 0.6) is 0 Å². The highest BCUT2D eigenvalue weighted by Gasteiger charge is 2.21. The summed E-state index contributed by atoms with van der Waals surface area (Å²) in [5.74, 6) is 0. The molecule has 0 spiro atoms. The SMILES string of the molecule is CCn1ncc(S(=O)(=O)Nc2cnn(Cc3cccc(Cl)c3)c2)c1C. The molecule has 0 saturated heterocycles. The Hall–Kier alpha value is -2.32. The van der Waals surface area contributed by atoms with Gasteiger partial charge < -0.3 is 0 Å². The van der Waals surface area contributed by atoms with E-state index in [1.54, 1.807) is 28.6 Å². The number of anilines is 1. The van der Waals surface area contributed by atoms with Crippen molar-refractivity contribution in [3.05, 3.63) is 59.1 Å². The van der Waals surface area contributed by atoms with Crippen molar-refractivity contribution in [2.75, 3.05) is 4.72 Å². The van der Waals surface area contributed by atoms with Gasteiger partial charge in [-0.2, -0.15) is 10.2 Å². The van der Waals surface area contributed by atoms with Crippen LogP contribution in [0.1, 0.15) is 18.2 Å². The van der Waals surface area contributed by atoms with E-state index in [0.717, 1.165) is 5.56 Å². The van der Waals surface area contributed by atoms with Crippen molar-refractivity contribution < 1.29 is 8.42 Å². The van der Waals surface area contributed by atoms with E-state index in [9.17, 15) is 8.42 Å². The molecule has 0 fully saturated rings. The number of halogens is 1. The van der Waals surface area contributed by atoms with Gasteiger partial charge in [-0.25, -0.2) is 8.42 Å². The van der Waals surface area contributed by atoms with Crippen LogP contribution >= 0.6 is 11.6 Å². The van der Waals surface area contributed by atoms with Crippen LogP contribution in [-0.4, -0.2) is 28.0 Å². The molecule has 0 atom stereocenters. The van der Waals surface area contributed by atoms with Crippen molar-refractivity contribution in [2.24, 2.45) is 0 Å². The zero-order valence-corrected chi connectivity index (χ0v) is 15.4.